The van der Waals surface area contributed by atoms with Crippen molar-refractivity contribution in [1.82, 2.24) is 25.5 Å². The molecule has 0 unspecified atom stereocenters. The predicted octanol–water partition coefficient (Wildman–Crippen LogP) is 3.30. The fourth-order valence-electron chi connectivity index (χ4n) is 3.05. The highest BCUT2D eigenvalue weighted by Crippen LogP contribution is 2.20. The standard InChI is InChI=1S/C23H21N5O3/c1-30-19-11-9-17(10-12-19)13-14-24-23(29)21(16-20-8-5-15-31-20)28-22(25-26-27-28)18-6-3-2-4-7-18/h2-12,15-16H,13-14H2,1H3,(H,24,29)/b21-16-. The van der Waals surface area contributed by atoms with Crippen LogP contribution >= 0.6 is 0 Å². The van der Waals surface area contributed by atoms with Gasteiger partial charge in [0.05, 0.1) is 13.4 Å². The predicted molar refractivity (Wildman–Crippen MR) is 116 cm³/mol. The first-order valence-electron chi connectivity index (χ1n) is 9.75. The number of ether oxygens (including phenoxy) is 1. The summed E-state index contributed by atoms with van der Waals surface area (Å²) in [7, 11) is 1.63. The molecule has 31 heavy (non-hydrogen) atoms. The maximum Gasteiger partial charge on any atom is 0.270 e. The Hall–Kier alpha value is -4.20. The molecule has 0 atom stereocenters. The first kappa shape index (κ1) is 20.1. The van der Waals surface area contributed by atoms with Crippen molar-refractivity contribution in [2.45, 2.75) is 6.42 Å². The van der Waals surface area contributed by atoms with E-state index in [0.717, 1.165) is 16.9 Å². The summed E-state index contributed by atoms with van der Waals surface area (Å²) in [6, 6.07) is 20.7. The number of hydrogen-bond acceptors (Lipinski definition) is 6. The maximum atomic E-state index is 13.1. The SMILES string of the molecule is COc1ccc(CCNC(=O)/C(=C/c2ccco2)n2nnnc2-c2ccccc2)cc1. The lowest BCUT2D eigenvalue weighted by Crippen LogP contribution is -2.29. The molecule has 4 rings (SSSR count). The molecule has 1 N–H and O–H groups in total. The van der Waals surface area contributed by atoms with Crippen molar-refractivity contribution in [3.63, 3.8) is 0 Å². The molecular weight excluding hydrogens is 394 g/mol. The third-order valence-corrected chi connectivity index (χ3v) is 4.64. The third kappa shape index (κ3) is 4.87. The summed E-state index contributed by atoms with van der Waals surface area (Å²) >= 11 is 0. The largest absolute Gasteiger partial charge is 0.497 e. The summed E-state index contributed by atoms with van der Waals surface area (Å²) in [4.78, 5) is 13.1. The van der Waals surface area contributed by atoms with Crippen LogP contribution in [0.2, 0.25) is 0 Å². The number of benzene rings is 2. The molecule has 0 aliphatic rings. The van der Waals surface area contributed by atoms with Crippen molar-refractivity contribution in [1.29, 1.82) is 0 Å². The smallest absolute Gasteiger partial charge is 0.270 e. The highest BCUT2D eigenvalue weighted by Gasteiger charge is 2.19. The van der Waals surface area contributed by atoms with Crippen LogP contribution in [-0.2, 0) is 11.2 Å². The summed E-state index contributed by atoms with van der Waals surface area (Å²) in [5, 5.41) is 14.9. The second-order valence-corrected chi connectivity index (χ2v) is 6.68. The molecule has 0 aliphatic heterocycles. The molecule has 0 radical (unpaired) electrons. The molecule has 8 nitrogen and oxygen atoms in total. The van der Waals surface area contributed by atoms with Gasteiger partial charge in [-0.1, -0.05) is 42.5 Å². The monoisotopic (exact) mass is 415 g/mol. The number of rotatable bonds is 8. The molecule has 2 heterocycles. The summed E-state index contributed by atoms with van der Waals surface area (Å²) < 4.78 is 12.0. The van der Waals surface area contributed by atoms with E-state index in [0.29, 0.717) is 24.6 Å². The van der Waals surface area contributed by atoms with Crippen LogP contribution in [0.25, 0.3) is 23.2 Å². The fraction of sp³-hybridized carbons (Fsp3) is 0.130. The van der Waals surface area contributed by atoms with Crippen molar-refractivity contribution in [2.24, 2.45) is 0 Å². The number of nitrogens with zero attached hydrogens (tertiary/aromatic N) is 4. The highest BCUT2D eigenvalue weighted by molar-refractivity contribution is 6.18. The van der Waals surface area contributed by atoms with Gasteiger partial charge >= 0.3 is 0 Å². The van der Waals surface area contributed by atoms with Gasteiger partial charge in [-0.15, -0.1) is 5.10 Å². The van der Waals surface area contributed by atoms with E-state index in [2.05, 4.69) is 20.8 Å². The molecule has 0 saturated carbocycles. The molecule has 0 spiro atoms. The molecule has 0 bridgehead atoms. The van der Waals surface area contributed by atoms with Crippen LogP contribution in [0.15, 0.2) is 77.4 Å². The molecule has 1 amide bonds. The number of aromatic nitrogens is 4. The summed E-state index contributed by atoms with van der Waals surface area (Å²) in [6.45, 7) is 0.448. The van der Waals surface area contributed by atoms with E-state index in [1.165, 1.54) is 4.68 Å². The van der Waals surface area contributed by atoms with Crippen LogP contribution in [0, 0.1) is 0 Å². The Morgan fingerprint density at radius 2 is 1.90 bits per heavy atom. The van der Waals surface area contributed by atoms with Crippen molar-refractivity contribution >= 4 is 17.7 Å². The third-order valence-electron chi connectivity index (χ3n) is 4.64. The second-order valence-electron chi connectivity index (χ2n) is 6.68. The van der Waals surface area contributed by atoms with Gasteiger partial charge in [-0.05, 0) is 46.7 Å². The first-order valence-corrected chi connectivity index (χ1v) is 9.75. The van der Waals surface area contributed by atoms with Crippen LogP contribution in [-0.4, -0.2) is 39.8 Å². The van der Waals surface area contributed by atoms with Crippen LogP contribution in [0.1, 0.15) is 11.3 Å². The van der Waals surface area contributed by atoms with Gasteiger partial charge < -0.3 is 14.5 Å². The van der Waals surface area contributed by atoms with Gasteiger partial charge in [-0.2, -0.15) is 4.68 Å². The van der Waals surface area contributed by atoms with Gasteiger partial charge in [-0.25, -0.2) is 0 Å². The molecule has 0 fully saturated rings. The number of amides is 1. The fourth-order valence-corrected chi connectivity index (χ4v) is 3.05. The summed E-state index contributed by atoms with van der Waals surface area (Å²) in [5.74, 6) is 1.47. The van der Waals surface area contributed by atoms with Crippen molar-refractivity contribution in [3.05, 3.63) is 84.3 Å². The van der Waals surface area contributed by atoms with E-state index < -0.39 is 0 Å². The van der Waals surface area contributed by atoms with Crippen LogP contribution < -0.4 is 10.1 Å². The molecule has 4 aromatic rings. The first-order chi connectivity index (χ1) is 15.2. The van der Waals surface area contributed by atoms with Gasteiger partial charge in [0, 0.05) is 18.2 Å². The van der Waals surface area contributed by atoms with E-state index in [1.54, 1.807) is 31.6 Å². The quantitative estimate of drug-likeness (QED) is 0.444. The number of nitrogens with one attached hydrogen (secondary N) is 1. The normalized spacial score (nSPS) is 11.3. The van der Waals surface area contributed by atoms with Crippen LogP contribution in [0.5, 0.6) is 5.75 Å². The number of methoxy groups -OCH3 is 1. The number of hydrogen-bond donors (Lipinski definition) is 1. The van der Waals surface area contributed by atoms with Gasteiger partial charge in [-0.3, -0.25) is 4.79 Å². The lowest BCUT2D eigenvalue weighted by Gasteiger charge is -2.11. The Morgan fingerprint density at radius 3 is 2.61 bits per heavy atom. The Labute approximate surface area is 179 Å². The zero-order valence-corrected chi connectivity index (χ0v) is 16.9. The van der Waals surface area contributed by atoms with Crippen LogP contribution in [0.3, 0.4) is 0 Å². The van der Waals surface area contributed by atoms with E-state index >= 15 is 0 Å². The van der Waals surface area contributed by atoms with Gasteiger partial charge in [0.2, 0.25) is 0 Å². The zero-order valence-electron chi connectivity index (χ0n) is 16.9. The van der Waals surface area contributed by atoms with E-state index in [4.69, 9.17) is 9.15 Å². The van der Waals surface area contributed by atoms with Crippen LogP contribution in [0.4, 0.5) is 0 Å². The van der Waals surface area contributed by atoms with Crippen molar-refractivity contribution in [2.75, 3.05) is 13.7 Å². The molecule has 0 saturated heterocycles. The van der Waals surface area contributed by atoms with Crippen molar-refractivity contribution < 1.29 is 13.9 Å². The minimum Gasteiger partial charge on any atom is -0.497 e. The Morgan fingerprint density at radius 1 is 1.10 bits per heavy atom. The van der Waals surface area contributed by atoms with Gasteiger partial charge in [0.1, 0.15) is 17.2 Å². The minimum atomic E-state index is -0.311. The highest BCUT2D eigenvalue weighted by atomic mass is 16.5. The Bertz CT molecular complexity index is 1150. The minimum absolute atomic E-state index is 0.258. The summed E-state index contributed by atoms with van der Waals surface area (Å²) in [5.41, 5.74) is 2.14. The number of tetrazole rings is 1. The van der Waals surface area contributed by atoms with Gasteiger partial charge in [0.15, 0.2) is 5.82 Å². The lowest BCUT2D eigenvalue weighted by atomic mass is 10.1. The van der Waals surface area contributed by atoms with E-state index in [-0.39, 0.29) is 11.6 Å². The summed E-state index contributed by atoms with van der Waals surface area (Å²) in [6.07, 6.45) is 3.83. The lowest BCUT2D eigenvalue weighted by molar-refractivity contribution is -0.115. The number of carbonyl (C=O) groups is 1. The molecule has 156 valence electrons. The molecular formula is C23H21N5O3. The Balaban J connectivity index is 1.55. The number of furan rings is 1. The number of carbonyl (C=O) groups excluding carboxylic acids is 1. The van der Waals surface area contributed by atoms with E-state index in [9.17, 15) is 4.79 Å². The van der Waals surface area contributed by atoms with Gasteiger partial charge in [0.25, 0.3) is 5.91 Å². The Kier molecular flexibility index (Phi) is 6.18. The average molecular weight is 415 g/mol. The average Bonchev–Trinajstić information content (AvgIpc) is 3.50. The molecule has 8 heteroatoms. The van der Waals surface area contributed by atoms with E-state index in [1.807, 2.05) is 54.6 Å². The maximum absolute atomic E-state index is 13.1. The molecule has 0 aliphatic carbocycles. The topological polar surface area (TPSA) is 95.1 Å². The molecule has 2 aromatic heterocycles. The van der Waals surface area contributed by atoms with Crippen molar-refractivity contribution in [3.8, 4) is 17.1 Å². The molecule has 2 aromatic carbocycles. The zero-order chi connectivity index (χ0) is 21.5. The second kappa shape index (κ2) is 9.53.